The molecule has 110 valence electrons. The molecule has 4 rings (SSSR count). The number of nitrogens with two attached hydrogens (primary N) is 1. The molecule has 1 aromatic heterocycles. The van der Waals surface area contributed by atoms with Crippen molar-refractivity contribution in [3.8, 4) is 11.4 Å². The fraction of sp³-hybridized carbons (Fsp3) is 0.533. The number of nitrogens with zero attached hydrogens (tertiary/aromatic N) is 4. The van der Waals surface area contributed by atoms with Crippen molar-refractivity contribution < 1.29 is 4.74 Å². The van der Waals surface area contributed by atoms with Gasteiger partial charge in [-0.25, -0.2) is 4.68 Å². The summed E-state index contributed by atoms with van der Waals surface area (Å²) in [6.45, 7) is 2.83. The van der Waals surface area contributed by atoms with E-state index < -0.39 is 0 Å². The van der Waals surface area contributed by atoms with Crippen molar-refractivity contribution in [3.05, 3.63) is 23.8 Å². The Hall–Kier alpha value is -1.95. The lowest BCUT2D eigenvalue weighted by atomic mass is 10.0. The Morgan fingerprint density at radius 1 is 1.29 bits per heavy atom. The summed E-state index contributed by atoms with van der Waals surface area (Å²) in [4.78, 5) is 0. The topological polar surface area (TPSA) is 78.9 Å². The second-order valence-electron chi connectivity index (χ2n) is 6.07. The van der Waals surface area contributed by atoms with Crippen LogP contribution >= 0.6 is 0 Å². The number of anilines is 1. The number of benzene rings is 1. The van der Waals surface area contributed by atoms with Crippen molar-refractivity contribution in [1.29, 1.82) is 0 Å². The molecule has 0 radical (unpaired) electrons. The van der Waals surface area contributed by atoms with E-state index in [1.165, 1.54) is 12.8 Å². The van der Waals surface area contributed by atoms with Gasteiger partial charge in [0.2, 0.25) is 0 Å². The maximum Gasteiger partial charge on any atom is 0.184 e. The lowest BCUT2D eigenvalue weighted by Gasteiger charge is -2.19. The summed E-state index contributed by atoms with van der Waals surface area (Å²) < 4.78 is 7.83. The van der Waals surface area contributed by atoms with Gasteiger partial charge in [-0.1, -0.05) is 11.6 Å². The molecule has 0 spiro atoms. The zero-order valence-electron chi connectivity index (χ0n) is 12.1. The monoisotopic (exact) mass is 285 g/mol. The molecule has 1 aliphatic carbocycles. The first-order valence-electron chi connectivity index (χ1n) is 7.50. The van der Waals surface area contributed by atoms with E-state index in [9.17, 15) is 0 Å². The van der Waals surface area contributed by atoms with Gasteiger partial charge < -0.3 is 10.5 Å². The second-order valence-corrected chi connectivity index (χ2v) is 6.07. The maximum absolute atomic E-state index is 6.11. The first-order chi connectivity index (χ1) is 10.2. The summed E-state index contributed by atoms with van der Waals surface area (Å²) in [7, 11) is 0. The van der Waals surface area contributed by atoms with Crippen molar-refractivity contribution in [2.45, 2.75) is 38.3 Å². The van der Waals surface area contributed by atoms with E-state index >= 15 is 0 Å². The van der Waals surface area contributed by atoms with E-state index in [-0.39, 0.29) is 12.1 Å². The van der Waals surface area contributed by atoms with Crippen LogP contribution in [0.1, 0.15) is 30.9 Å². The Balaban J connectivity index is 1.75. The van der Waals surface area contributed by atoms with Gasteiger partial charge in [-0.15, -0.1) is 5.10 Å². The summed E-state index contributed by atoms with van der Waals surface area (Å²) in [6, 6.07) is 6.17. The van der Waals surface area contributed by atoms with Crippen LogP contribution in [0.3, 0.4) is 0 Å². The molecule has 2 N–H and O–H groups in total. The second kappa shape index (κ2) is 4.80. The average molecular weight is 285 g/mol. The minimum Gasteiger partial charge on any atom is -0.398 e. The molecule has 2 atom stereocenters. The highest BCUT2D eigenvalue weighted by Crippen LogP contribution is 2.44. The first-order valence-corrected chi connectivity index (χ1v) is 7.50. The number of nitrogen functional groups attached to an aromatic ring is 1. The fourth-order valence-corrected chi connectivity index (χ4v) is 3.19. The molecular formula is C15H19N5O. The number of ether oxygens (including phenoxy) is 1. The molecule has 0 amide bonds. The third-order valence-corrected chi connectivity index (χ3v) is 4.45. The van der Waals surface area contributed by atoms with Crippen molar-refractivity contribution in [3.63, 3.8) is 0 Å². The third kappa shape index (κ3) is 2.19. The number of hydrogen-bond acceptors (Lipinski definition) is 5. The number of hydrogen-bond donors (Lipinski definition) is 1. The van der Waals surface area contributed by atoms with Crippen molar-refractivity contribution in [2.75, 3.05) is 12.3 Å². The van der Waals surface area contributed by atoms with Gasteiger partial charge >= 0.3 is 0 Å². The van der Waals surface area contributed by atoms with Crippen LogP contribution in [0.2, 0.25) is 0 Å². The van der Waals surface area contributed by atoms with E-state index in [1.807, 2.05) is 29.8 Å². The molecule has 2 aliphatic rings. The molecule has 1 aliphatic heterocycles. The molecule has 21 heavy (non-hydrogen) atoms. The number of tetrazole rings is 1. The molecule has 1 aromatic carbocycles. The Kier molecular flexibility index (Phi) is 2.92. The Morgan fingerprint density at radius 3 is 2.95 bits per heavy atom. The van der Waals surface area contributed by atoms with Gasteiger partial charge in [0.1, 0.15) is 0 Å². The Bertz CT molecular complexity index is 664. The molecule has 2 unspecified atom stereocenters. The molecule has 2 aromatic rings. The van der Waals surface area contributed by atoms with Crippen LogP contribution in [0, 0.1) is 12.8 Å². The van der Waals surface area contributed by atoms with Crippen molar-refractivity contribution in [2.24, 2.45) is 5.92 Å². The molecule has 1 saturated heterocycles. The minimum absolute atomic E-state index is 0.224. The molecule has 0 bridgehead atoms. The standard InChI is InChI=1S/C15H19N5O/c1-9-2-5-12(16)11(8-9)15-17-18-19-20(15)13-6-7-21-14(13)10-3-4-10/h2,5,8,10,13-14H,3-4,6-7,16H2,1H3. The van der Waals surface area contributed by atoms with Gasteiger partial charge in [0, 0.05) is 17.9 Å². The average Bonchev–Trinajstić information content (AvgIpc) is 3.02. The summed E-state index contributed by atoms with van der Waals surface area (Å²) in [5.41, 5.74) is 8.87. The highest BCUT2D eigenvalue weighted by molar-refractivity contribution is 5.72. The SMILES string of the molecule is Cc1ccc(N)c(-c2nnnn2C2CCOC2C2CC2)c1. The summed E-state index contributed by atoms with van der Waals surface area (Å²) >= 11 is 0. The normalized spacial score (nSPS) is 25.4. The highest BCUT2D eigenvalue weighted by atomic mass is 16.5. The predicted molar refractivity (Wildman–Crippen MR) is 78.5 cm³/mol. The highest BCUT2D eigenvalue weighted by Gasteiger charge is 2.43. The molecule has 6 nitrogen and oxygen atoms in total. The smallest absolute Gasteiger partial charge is 0.184 e. The van der Waals surface area contributed by atoms with Gasteiger partial charge in [-0.3, -0.25) is 0 Å². The Morgan fingerprint density at radius 2 is 2.14 bits per heavy atom. The first kappa shape index (κ1) is 12.8. The van der Waals surface area contributed by atoms with Gasteiger partial charge in [0.25, 0.3) is 0 Å². The van der Waals surface area contributed by atoms with Gasteiger partial charge in [-0.05, 0) is 54.7 Å². The van der Waals surface area contributed by atoms with Crippen LogP contribution in [0.15, 0.2) is 18.2 Å². The van der Waals surface area contributed by atoms with E-state index in [2.05, 4.69) is 15.5 Å². The molecule has 2 heterocycles. The largest absolute Gasteiger partial charge is 0.398 e. The predicted octanol–water partition coefficient (Wildman–Crippen LogP) is 1.97. The Labute approximate surface area is 123 Å². The fourth-order valence-electron chi connectivity index (χ4n) is 3.19. The van der Waals surface area contributed by atoms with Crippen LogP contribution in [0.25, 0.3) is 11.4 Å². The number of aromatic nitrogens is 4. The minimum atomic E-state index is 0.224. The maximum atomic E-state index is 6.11. The zero-order chi connectivity index (χ0) is 14.4. The van der Waals surface area contributed by atoms with Gasteiger partial charge in [-0.2, -0.15) is 0 Å². The quantitative estimate of drug-likeness (QED) is 0.872. The van der Waals surface area contributed by atoms with Crippen LogP contribution in [-0.4, -0.2) is 32.9 Å². The lowest BCUT2D eigenvalue weighted by Crippen LogP contribution is -2.24. The zero-order valence-corrected chi connectivity index (χ0v) is 12.1. The third-order valence-electron chi connectivity index (χ3n) is 4.45. The number of aryl methyl sites for hydroxylation is 1. The summed E-state index contributed by atoms with van der Waals surface area (Å²) in [5.74, 6) is 1.42. The van der Waals surface area contributed by atoms with Crippen molar-refractivity contribution in [1.82, 2.24) is 20.2 Å². The van der Waals surface area contributed by atoms with Gasteiger partial charge in [0.15, 0.2) is 5.82 Å². The van der Waals surface area contributed by atoms with Crippen LogP contribution in [0.5, 0.6) is 0 Å². The van der Waals surface area contributed by atoms with Crippen LogP contribution in [0.4, 0.5) is 5.69 Å². The molecule has 2 fully saturated rings. The lowest BCUT2D eigenvalue weighted by molar-refractivity contribution is 0.0725. The summed E-state index contributed by atoms with van der Waals surface area (Å²) in [6.07, 6.45) is 3.72. The van der Waals surface area contributed by atoms with E-state index in [4.69, 9.17) is 10.5 Å². The van der Waals surface area contributed by atoms with E-state index in [1.54, 1.807) is 0 Å². The van der Waals surface area contributed by atoms with Crippen LogP contribution in [-0.2, 0) is 4.74 Å². The molecule has 6 heteroatoms. The van der Waals surface area contributed by atoms with Crippen LogP contribution < -0.4 is 5.73 Å². The van der Waals surface area contributed by atoms with E-state index in [0.29, 0.717) is 11.6 Å². The van der Waals surface area contributed by atoms with Gasteiger partial charge in [0.05, 0.1) is 12.1 Å². The molecule has 1 saturated carbocycles. The molecular weight excluding hydrogens is 266 g/mol. The van der Waals surface area contributed by atoms with E-state index in [0.717, 1.165) is 30.0 Å². The summed E-state index contributed by atoms with van der Waals surface area (Å²) in [5, 5.41) is 12.3. The number of rotatable bonds is 3. The van der Waals surface area contributed by atoms with Crippen molar-refractivity contribution >= 4 is 5.69 Å².